The molecule has 158 valence electrons. The van der Waals surface area contributed by atoms with Gasteiger partial charge in [0.15, 0.2) is 5.84 Å². The van der Waals surface area contributed by atoms with Crippen LogP contribution in [0.1, 0.15) is 40.7 Å². The topological polar surface area (TPSA) is 127 Å². The predicted molar refractivity (Wildman–Crippen MR) is 113 cm³/mol. The summed E-state index contributed by atoms with van der Waals surface area (Å²) in [6.45, 7) is 2.80. The number of carbonyl (C=O) groups is 1. The summed E-state index contributed by atoms with van der Waals surface area (Å²) in [4.78, 5) is 19.0. The van der Waals surface area contributed by atoms with Crippen molar-refractivity contribution in [3.8, 4) is 5.75 Å². The third kappa shape index (κ3) is 3.95. The molecule has 10 heteroatoms. The van der Waals surface area contributed by atoms with Crippen LogP contribution < -0.4 is 15.2 Å². The van der Waals surface area contributed by atoms with Crippen molar-refractivity contribution in [1.82, 2.24) is 9.88 Å². The second-order valence-corrected chi connectivity index (χ2v) is 8.72. The fourth-order valence-electron chi connectivity index (χ4n) is 3.83. The highest BCUT2D eigenvalue weighted by Crippen LogP contribution is 2.31. The zero-order chi connectivity index (χ0) is 21.3. The molecule has 0 saturated carbocycles. The lowest BCUT2D eigenvalue weighted by Crippen LogP contribution is -2.47. The molecule has 1 saturated heterocycles. The van der Waals surface area contributed by atoms with Crippen molar-refractivity contribution in [3.05, 3.63) is 53.3 Å². The number of likely N-dealkylation sites (tertiary alicyclic amines) is 1. The number of piperidine rings is 1. The summed E-state index contributed by atoms with van der Waals surface area (Å²) in [5, 5.41) is 0. The molecule has 1 atom stereocenters. The smallest absolute Gasteiger partial charge is 0.344 e. The van der Waals surface area contributed by atoms with Gasteiger partial charge in [-0.05, 0) is 49.9 Å². The van der Waals surface area contributed by atoms with Crippen LogP contribution in [0.25, 0.3) is 0 Å². The van der Waals surface area contributed by atoms with Crippen molar-refractivity contribution >= 4 is 27.6 Å². The molecule has 1 aromatic carbocycles. The Labute approximate surface area is 175 Å². The Bertz CT molecular complexity index is 1120. The summed E-state index contributed by atoms with van der Waals surface area (Å²) in [7, 11) is -3.85. The number of hydrogen-bond acceptors (Lipinski definition) is 6. The van der Waals surface area contributed by atoms with Gasteiger partial charge in [-0.25, -0.2) is 0 Å². The van der Waals surface area contributed by atoms with Crippen LogP contribution in [0.5, 0.6) is 5.75 Å². The number of nitrogens with one attached hydrogen (secondary N) is 1. The number of pyridine rings is 1. The van der Waals surface area contributed by atoms with Gasteiger partial charge in [-0.1, -0.05) is 6.07 Å². The maximum atomic E-state index is 13.1. The van der Waals surface area contributed by atoms with E-state index in [9.17, 15) is 13.2 Å². The van der Waals surface area contributed by atoms with Crippen molar-refractivity contribution in [2.75, 3.05) is 17.9 Å². The summed E-state index contributed by atoms with van der Waals surface area (Å²) < 4.78 is 35.4. The number of amides is 1. The van der Waals surface area contributed by atoms with Crippen LogP contribution in [0.3, 0.4) is 0 Å². The lowest BCUT2D eigenvalue weighted by atomic mass is 10.0. The molecule has 1 fully saturated rings. The van der Waals surface area contributed by atoms with Gasteiger partial charge in [0.2, 0.25) is 0 Å². The van der Waals surface area contributed by atoms with Crippen LogP contribution >= 0.6 is 0 Å². The Morgan fingerprint density at radius 2 is 2.17 bits per heavy atom. The molecular formula is C20H23N5O4S. The van der Waals surface area contributed by atoms with Crippen molar-refractivity contribution in [3.63, 3.8) is 0 Å². The Balaban J connectivity index is 1.55. The van der Waals surface area contributed by atoms with Crippen molar-refractivity contribution < 1.29 is 17.9 Å². The molecule has 2 aliphatic rings. The molecule has 30 heavy (non-hydrogen) atoms. The lowest BCUT2D eigenvalue weighted by molar-refractivity contribution is 0.0527. The van der Waals surface area contributed by atoms with E-state index < -0.39 is 10.2 Å². The standard InChI is InChI=1S/C20H23N5O4S/c1-13-11-22-9-8-15(13)20(26)25-10-3-2-5-14(25)12-29-17-7-4-6-16-18(17)19(21)24-30(27,28)23-16/h4,6-9,11,14,23H,2-3,5,10,12H2,1H3,(H2,21,24). The molecular weight excluding hydrogens is 406 g/mol. The van der Waals surface area contributed by atoms with Crippen LogP contribution in [-0.2, 0) is 10.2 Å². The molecule has 4 rings (SSSR count). The molecule has 1 amide bonds. The molecule has 3 heterocycles. The third-order valence-electron chi connectivity index (χ3n) is 5.31. The Morgan fingerprint density at radius 3 is 2.97 bits per heavy atom. The summed E-state index contributed by atoms with van der Waals surface area (Å²) >= 11 is 0. The molecule has 9 nitrogen and oxygen atoms in total. The first-order valence-electron chi connectivity index (χ1n) is 9.71. The normalized spacial score (nSPS) is 20.0. The van der Waals surface area contributed by atoms with Gasteiger partial charge >= 0.3 is 10.2 Å². The highest BCUT2D eigenvalue weighted by Gasteiger charge is 2.30. The quantitative estimate of drug-likeness (QED) is 0.763. The zero-order valence-corrected chi connectivity index (χ0v) is 17.4. The van der Waals surface area contributed by atoms with Crippen LogP contribution in [-0.4, -0.2) is 49.2 Å². The first kappa shape index (κ1) is 20.1. The number of amidine groups is 1. The largest absolute Gasteiger partial charge is 0.491 e. The van der Waals surface area contributed by atoms with E-state index in [4.69, 9.17) is 10.5 Å². The fraction of sp³-hybridized carbons (Fsp3) is 0.350. The Kier molecular flexibility index (Phi) is 5.33. The van der Waals surface area contributed by atoms with E-state index >= 15 is 0 Å². The monoisotopic (exact) mass is 429 g/mol. The van der Waals surface area contributed by atoms with Gasteiger partial charge in [0.05, 0.1) is 17.3 Å². The van der Waals surface area contributed by atoms with E-state index in [-0.39, 0.29) is 24.4 Å². The molecule has 2 aromatic rings. The minimum atomic E-state index is -3.85. The summed E-state index contributed by atoms with van der Waals surface area (Å²) in [5.74, 6) is 0.268. The Hall–Kier alpha value is -3.14. The number of aromatic nitrogens is 1. The van der Waals surface area contributed by atoms with Crippen molar-refractivity contribution in [1.29, 1.82) is 0 Å². The summed E-state index contributed by atoms with van der Waals surface area (Å²) in [5.41, 5.74) is 8.08. The number of nitrogens with two attached hydrogens (primary N) is 1. The predicted octanol–water partition coefficient (Wildman–Crippen LogP) is 1.84. The molecule has 3 N–H and O–H groups in total. The van der Waals surface area contributed by atoms with E-state index in [1.54, 1.807) is 36.7 Å². The highest BCUT2D eigenvalue weighted by atomic mass is 32.2. The van der Waals surface area contributed by atoms with Gasteiger partial charge in [-0.2, -0.15) is 8.42 Å². The number of carbonyl (C=O) groups excluding carboxylic acids is 1. The van der Waals surface area contributed by atoms with Crippen LogP contribution in [0.2, 0.25) is 0 Å². The SMILES string of the molecule is Cc1cnccc1C(=O)N1CCCCC1COc1cccc2c1C(N)=NS(=O)(=O)N2. The number of fused-ring (bicyclic) bond motifs is 1. The van der Waals surface area contributed by atoms with Crippen LogP contribution in [0.4, 0.5) is 5.69 Å². The van der Waals surface area contributed by atoms with E-state index in [1.807, 2.05) is 11.8 Å². The van der Waals surface area contributed by atoms with E-state index in [1.165, 1.54) is 0 Å². The fourth-order valence-corrected chi connectivity index (χ4v) is 4.68. The number of benzene rings is 1. The number of rotatable bonds is 4. The minimum absolute atomic E-state index is 0.0351. The van der Waals surface area contributed by atoms with Gasteiger partial charge in [-0.3, -0.25) is 14.5 Å². The molecule has 0 aliphatic carbocycles. The van der Waals surface area contributed by atoms with Crippen LogP contribution in [0.15, 0.2) is 41.1 Å². The second-order valence-electron chi connectivity index (χ2n) is 7.38. The number of nitrogens with zero attached hydrogens (tertiary/aromatic N) is 3. The number of ether oxygens (including phenoxy) is 1. The first-order chi connectivity index (χ1) is 14.4. The maximum Gasteiger partial charge on any atom is 0.344 e. The second kappa shape index (κ2) is 7.94. The van der Waals surface area contributed by atoms with Crippen molar-refractivity contribution in [2.24, 2.45) is 10.1 Å². The van der Waals surface area contributed by atoms with Gasteiger partial charge in [0.25, 0.3) is 5.91 Å². The first-order valence-corrected chi connectivity index (χ1v) is 11.2. The Morgan fingerprint density at radius 1 is 1.33 bits per heavy atom. The van der Waals surface area contributed by atoms with E-state index in [0.29, 0.717) is 29.1 Å². The van der Waals surface area contributed by atoms with Gasteiger partial charge in [-0.15, -0.1) is 4.40 Å². The summed E-state index contributed by atoms with van der Waals surface area (Å²) in [6.07, 6.45) is 6.07. The molecule has 0 radical (unpaired) electrons. The molecule has 1 aromatic heterocycles. The maximum absolute atomic E-state index is 13.1. The average Bonchev–Trinajstić information content (AvgIpc) is 2.71. The average molecular weight is 430 g/mol. The summed E-state index contributed by atoms with van der Waals surface area (Å²) in [6, 6.07) is 6.63. The number of aryl methyl sites for hydroxylation is 1. The number of anilines is 1. The minimum Gasteiger partial charge on any atom is -0.491 e. The van der Waals surface area contributed by atoms with Gasteiger partial charge in [0.1, 0.15) is 12.4 Å². The van der Waals surface area contributed by atoms with E-state index in [0.717, 1.165) is 24.8 Å². The molecule has 0 spiro atoms. The van der Waals surface area contributed by atoms with Gasteiger partial charge in [0, 0.05) is 24.5 Å². The molecule has 1 unspecified atom stereocenters. The van der Waals surface area contributed by atoms with Gasteiger partial charge < -0.3 is 15.4 Å². The van der Waals surface area contributed by atoms with Crippen LogP contribution in [0, 0.1) is 6.92 Å². The molecule has 0 bridgehead atoms. The van der Waals surface area contributed by atoms with Crippen molar-refractivity contribution in [2.45, 2.75) is 32.2 Å². The third-order valence-corrected chi connectivity index (χ3v) is 6.22. The lowest BCUT2D eigenvalue weighted by Gasteiger charge is -2.36. The highest BCUT2D eigenvalue weighted by molar-refractivity contribution is 7.91. The number of hydrogen-bond donors (Lipinski definition) is 2. The van der Waals surface area contributed by atoms with E-state index in [2.05, 4.69) is 14.1 Å². The molecule has 2 aliphatic heterocycles. The zero-order valence-electron chi connectivity index (χ0n) is 16.5.